The second-order valence-corrected chi connectivity index (χ2v) is 9.11. The first-order valence-corrected chi connectivity index (χ1v) is 12.7. The van der Waals surface area contributed by atoms with Gasteiger partial charge in [-0.25, -0.2) is 9.97 Å². The molecule has 5 rings (SSSR count). The number of anilines is 4. The van der Waals surface area contributed by atoms with E-state index in [2.05, 4.69) is 59.1 Å². The smallest absolute Gasteiger partial charge is 0.262 e. The summed E-state index contributed by atoms with van der Waals surface area (Å²) in [6.45, 7) is 9.13. The lowest BCUT2D eigenvalue weighted by molar-refractivity contribution is -0.111. The summed E-state index contributed by atoms with van der Waals surface area (Å²) < 4.78 is 5.18. The van der Waals surface area contributed by atoms with E-state index in [-0.39, 0.29) is 22.5 Å². The second kappa shape index (κ2) is 11.8. The highest BCUT2D eigenvalue weighted by Crippen LogP contribution is 2.23. The number of piperazine rings is 1. The lowest BCUT2D eigenvalue weighted by Crippen LogP contribution is -2.47. The number of methoxy groups -OCH3 is 1. The van der Waals surface area contributed by atoms with Gasteiger partial charge in [0.15, 0.2) is 5.65 Å². The molecule has 1 saturated heterocycles. The van der Waals surface area contributed by atoms with E-state index >= 15 is 0 Å². The Bertz CT molecular complexity index is 1530. The molecule has 0 aliphatic carbocycles. The van der Waals surface area contributed by atoms with Crippen molar-refractivity contribution in [3.63, 3.8) is 0 Å². The summed E-state index contributed by atoms with van der Waals surface area (Å²) in [4.78, 5) is 45.3. The van der Waals surface area contributed by atoms with Gasteiger partial charge in [0.05, 0.1) is 6.61 Å². The fraction of sp³-hybridized carbons (Fsp3) is 0.250. The van der Waals surface area contributed by atoms with Crippen LogP contribution in [0.15, 0.2) is 72.2 Å². The third-order valence-corrected chi connectivity index (χ3v) is 6.52. The first-order valence-electron chi connectivity index (χ1n) is 12.7. The number of fused-ring (bicyclic) bond motifs is 1. The van der Waals surface area contributed by atoms with Crippen LogP contribution in [0.2, 0.25) is 0 Å². The zero-order valence-corrected chi connectivity index (χ0v) is 21.7. The van der Waals surface area contributed by atoms with E-state index < -0.39 is 0 Å². The predicted molar refractivity (Wildman–Crippen MR) is 152 cm³/mol. The summed E-state index contributed by atoms with van der Waals surface area (Å²) in [6.07, 6.45) is 2.64. The molecule has 2 aromatic carbocycles. The molecule has 1 fully saturated rings. The zero-order chi connectivity index (χ0) is 27.2. The molecule has 11 heteroatoms. The van der Waals surface area contributed by atoms with Crippen molar-refractivity contribution < 1.29 is 9.53 Å². The first-order chi connectivity index (χ1) is 19.0. The molecule has 39 heavy (non-hydrogen) atoms. The Kier molecular flexibility index (Phi) is 7.90. The van der Waals surface area contributed by atoms with Crippen LogP contribution in [-0.4, -0.2) is 77.2 Å². The maximum absolute atomic E-state index is 12.7. The Labute approximate surface area is 225 Å². The molecule has 200 valence electrons. The largest absolute Gasteiger partial charge is 0.383 e. The molecule has 2 aromatic heterocycles. The van der Waals surface area contributed by atoms with Crippen molar-refractivity contribution in [1.82, 2.24) is 24.8 Å². The van der Waals surface area contributed by atoms with Crippen LogP contribution in [0, 0.1) is 0 Å². The molecular weight excluding hydrogens is 496 g/mol. The molecule has 0 unspecified atom stereocenters. The van der Waals surface area contributed by atoms with Crippen LogP contribution >= 0.6 is 0 Å². The van der Waals surface area contributed by atoms with E-state index in [0.717, 1.165) is 50.7 Å². The van der Waals surface area contributed by atoms with Gasteiger partial charge in [0, 0.05) is 68.7 Å². The number of H-pyrrole nitrogens is 1. The maximum atomic E-state index is 12.7. The Morgan fingerprint density at radius 3 is 2.64 bits per heavy atom. The molecule has 0 atom stereocenters. The molecule has 3 N–H and O–H groups in total. The van der Waals surface area contributed by atoms with Gasteiger partial charge in [0.1, 0.15) is 11.2 Å². The van der Waals surface area contributed by atoms with E-state index in [1.807, 2.05) is 12.1 Å². The number of amides is 1. The average molecular weight is 527 g/mol. The van der Waals surface area contributed by atoms with Crippen molar-refractivity contribution in [3.8, 4) is 11.4 Å². The van der Waals surface area contributed by atoms with Crippen molar-refractivity contribution in [2.45, 2.75) is 0 Å². The molecule has 11 nitrogen and oxygen atoms in total. The molecule has 1 aliphatic rings. The highest BCUT2D eigenvalue weighted by Gasteiger charge is 2.17. The highest BCUT2D eigenvalue weighted by atomic mass is 16.5. The van der Waals surface area contributed by atoms with E-state index in [1.165, 1.54) is 12.3 Å². The number of carbonyl (C=O) groups is 1. The minimum absolute atomic E-state index is 0.259. The van der Waals surface area contributed by atoms with Crippen LogP contribution < -0.4 is 21.1 Å². The zero-order valence-electron chi connectivity index (χ0n) is 21.7. The van der Waals surface area contributed by atoms with E-state index in [0.29, 0.717) is 23.0 Å². The SMILES string of the molecule is C=CC(=O)Nc1cccc(-c2nc3nc(Nc4ccc(N5CCN(CCOC)CC5)cc4)ncc3c(=O)[nH]2)c1. The third-order valence-electron chi connectivity index (χ3n) is 6.52. The molecule has 3 heterocycles. The minimum atomic E-state index is -0.353. The van der Waals surface area contributed by atoms with Crippen LogP contribution in [0.25, 0.3) is 22.4 Å². The van der Waals surface area contributed by atoms with Crippen molar-refractivity contribution in [3.05, 3.63) is 77.7 Å². The summed E-state index contributed by atoms with van der Waals surface area (Å²) in [6, 6.07) is 15.1. The van der Waals surface area contributed by atoms with Gasteiger partial charge in [-0.3, -0.25) is 14.5 Å². The molecule has 0 spiro atoms. The van der Waals surface area contributed by atoms with Gasteiger partial charge in [0.25, 0.3) is 5.56 Å². The minimum Gasteiger partial charge on any atom is -0.383 e. The number of nitrogens with one attached hydrogen (secondary N) is 3. The van der Waals surface area contributed by atoms with E-state index in [1.54, 1.807) is 31.4 Å². The van der Waals surface area contributed by atoms with Crippen LogP contribution in [0.3, 0.4) is 0 Å². The summed E-state index contributed by atoms with van der Waals surface area (Å²) in [5.74, 6) is 0.334. The van der Waals surface area contributed by atoms with Gasteiger partial charge in [-0.15, -0.1) is 0 Å². The number of aromatic nitrogens is 4. The third kappa shape index (κ3) is 6.28. The number of carbonyl (C=O) groups excluding carboxylic acids is 1. The fourth-order valence-corrected chi connectivity index (χ4v) is 4.40. The maximum Gasteiger partial charge on any atom is 0.262 e. The van der Waals surface area contributed by atoms with Gasteiger partial charge >= 0.3 is 0 Å². The number of ether oxygens (including phenoxy) is 1. The van der Waals surface area contributed by atoms with Gasteiger partial charge < -0.3 is 25.3 Å². The summed E-state index contributed by atoms with van der Waals surface area (Å²) >= 11 is 0. The Morgan fingerprint density at radius 2 is 1.90 bits per heavy atom. The normalized spacial score (nSPS) is 13.8. The molecular formula is C28H30N8O3. The van der Waals surface area contributed by atoms with Crippen molar-refractivity contribution in [2.24, 2.45) is 0 Å². The highest BCUT2D eigenvalue weighted by molar-refractivity contribution is 5.99. The lowest BCUT2D eigenvalue weighted by Gasteiger charge is -2.36. The second-order valence-electron chi connectivity index (χ2n) is 9.11. The number of benzene rings is 2. The van der Waals surface area contributed by atoms with Crippen molar-refractivity contribution in [2.75, 3.05) is 62.0 Å². The Morgan fingerprint density at radius 1 is 1.10 bits per heavy atom. The number of hydrogen-bond donors (Lipinski definition) is 3. The quantitative estimate of drug-likeness (QED) is 0.282. The lowest BCUT2D eigenvalue weighted by atomic mass is 10.2. The fourth-order valence-electron chi connectivity index (χ4n) is 4.40. The molecule has 4 aromatic rings. The predicted octanol–water partition coefficient (Wildman–Crippen LogP) is 3.02. The topological polar surface area (TPSA) is 128 Å². The van der Waals surface area contributed by atoms with E-state index in [9.17, 15) is 9.59 Å². The monoisotopic (exact) mass is 526 g/mol. The van der Waals surface area contributed by atoms with Crippen molar-refractivity contribution >= 4 is 40.0 Å². The number of nitrogens with zero attached hydrogens (tertiary/aromatic N) is 5. The number of aromatic amines is 1. The molecule has 1 amide bonds. The number of hydrogen-bond acceptors (Lipinski definition) is 9. The van der Waals surface area contributed by atoms with Crippen LogP contribution in [0.1, 0.15) is 0 Å². The molecule has 0 saturated carbocycles. The molecule has 0 bridgehead atoms. The summed E-state index contributed by atoms with van der Waals surface area (Å²) in [5.41, 5.74) is 3.08. The van der Waals surface area contributed by atoms with E-state index in [4.69, 9.17) is 4.74 Å². The van der Waals surface area contributed by atoms with Crippen LogP contribution in [-0.2, 0) is 9.53 Å². The van der Waals surface area contributed by atoms with Crippen molar-refractivity contribution in [1.29, 1.82) is 0 Å². The first kappa shape index (κ1) is 26.0. The van der Waals surface area contributed by atoms with Gasteiger partial charge in [-0.05, 0) is 42.5 Å². The standard InChI is InChI=1S/C28H30N8O3/c1-3-24(37)30-21-6-4-5-19(17-21)25-32-26-23(27(38)33-25)18-29-28(34-26)31-20-7-9-22(10-8-20)36-13-11-35(12-14-36)15-16-39-2/h3-10,17-18H,1,11-16H2,2H3,(H,30,37)(H2,29,31,32,33,34,38). The van der Waals surface area contributed by atoms with Gasteiger partial charge in [0.2, 0.25) is 11.9 Å². The Balaban J connectivity index is 1.30. The van der Waals surface area contributed by atoms with Gasteiger partial charge in [-0.1, -0.05) is 18.7 Å². The Hall–Kier alpha value is -4.61. The summed E-state index contributed by atoms with van der Waals surface area (Å²) in [5, 5.41) is 6.18. The summed E-state index contributed by atoms with van der Waals surface area (Å²) in [7, 11) is 1.73. The molecule has 1 aliphatic heterocycles. The number of rotatable bonds is 9. The van der Waals surface area contributed by atoms with Crippen LogP contribution in [0.5, 0.6) is 0 Å². The molecule has 0 radical (unpaired) electrons. The average Bonchev–Trinajstić information content (AvgIpc) is 2.96. The van der Waals surface area contributed by atoms with Gasteiger partial charge in [-0.2, -0.15) is 4.98 Å². The van der Waals surface area contributed by atoms with Crippen LogP contribution in [0.4, 0.5) is 23.0 Å².